The van der Waals surface area contributed by atoms with E-state index in [4.69, 9.17) is 10.5 Å². The predicted molar refractivity (Wildman–Crippen MR) is 74.9 cm³/mol. The summed E-state index contributed by atoms with van der Waals surface area (Å²) in [7, 11) is -1.09. The first-order chi connectivity index (χ1) is 8.21. The van der Waals surface area contributed by atoms with Gasteiger partial charge in [-0.1, -0.05) is 6.07 Å². The minimum absolute atomic E-state index is 0.00528. The predicted octanol–water partition coefficient (Wildman–Crippen LogP) is 2.72. The molecule has 1 aliphatic rings. The Bertz CT molecular complexity index is 482. The molecule has 0 saturated carbocycles. The molecule has 2 rings (SSSR count). The van der Waals surface area contributed by atoms with Gasteiger partial charge < -0.3 is 10.5 Å². The summed E-state index contributed by atoms with van der Waals surface area (Å²) in [4.78, 5) is 0.786. The zero-order valence-corrected chi connectivity index (χ0v) is 12.2. The average molecular weight is 267 g/mol. The Kier molecular flexibility index (Phi) is 3.28. The molecular weight excluding hydrogens is 246 g/mol. The number of benzene rings is 1. The van der Waals surface area contributed by atoms with Crippen LogP contribution in [0.3, 0.4) is 0 Å². The van der Waals surface area contributed by atoms with Gasteiger partial charge in [0.1, 0.15) is 0 Å². The lowest BCUT2D eigenvalue weighted by Gasteiger charge is -2.26. The highest BCUT2D eigenvalue weighted by molar-refractivity contribution is 7.85. The van der Waals surface area contributed by atoms with Crippen LogP contribution in [-0.2, 0) is 15.5 Å². The Morgan fingerprint density at radius 3 is 2.50 bits per heavy atom. The van der Waals surface area contributed by atoms with Crippen LogP contribution in [0.4, 0.5) is 5.69 Å². The number of nitrogen functional groups attached to an aromatic ring is 1. The van der Waals surface area contributed by atoms with Crippen molar-refractivity contribution in [3.05, 3.63) is 24.3 Å². The van der Waals surface area contributed by atoms with E-state index in [1.54, 1.807) is 12.1 Å². The van der Waals surface area contributed by atoms with Crippen molar-refractivity contribution in [2.75, 3.05) is 5.73 Å². The second kappa shape index (κ2) is 4.35. The van der Waals surface area contributed by atoms with Crippen molar-refractivity contribution < 1.29 is 8.95 Å². The van der Waals surface area contributed by atoms with Crippen molar-refractivity contribution in [2.24, 2.45) is 0 Å². The summed E-state index contributed by atoms with van der Waals surface area (Å²) >= 11 is 0. The highest BCUT2D eigenvalue weighted by Gasteiger charge is 2.48. The molecule has 0 amide bonds. The molecule has 3 nitrogen and oxygen atoms in total. The first-order valence-corrected chi connectivity index (χ1v) is 7.39. The van der Waals surface area contributed by atoms with E-state index in [9.17, 15) is 4.21 Å². The molecule has 1 saturated heterocycles. The summed E-state index contributed by atoms with van der Waals surface area (Å²) in [5, 5.41) is -0.00528. The van der Waals surface area contributed by atoms with E-state index in [-0.39, 0.29) is 16.5 Å². The van der Waals surface area contributed by atoms with Crippen LogP contribution in [0.15, 0.2) is 29.2 Å². The zero-order chi connectivity index (χ0) is 13.6. The lowest BCUT2D eigenvalue weighted by Crippen LogP contribution is -2.35. The zero-order valence-electron chi connectivity index (χ0n) is 11.4. The second-order valence-electron chi connectivity index (χ2n) is 6.03. The molecule has 2 N–H and O–H groups in total. The smallest absolute Gasteiger partial charge is 0.0781 e. The molecule has 0 radical (unpaired) electrons. The van der Waals surface area contributed by atoms with E-state index in [1.807, 2.05) is 39.8 Å². The molecule has 4 heteroatoms. The van der Waals surface area contributed by atoms with Crippen LogP contribution in [0.1, 0.15) is 34.1 Å². The van der Waals surface area contributed by atoms with Gasteiger partial charge in [0.25, 0.3) is 0 Å². The quantitative estimate of drug-likeness (QED) is 0.838. The van der Waals surface area contributed by atoms with Crippen LogP contribution in [0.5, 0.6) is 0 Å². The van der Waals surface area contributed by atoms with Gasteiger partial charge in [-0.05, 0) is 52.3 Å². The van der Waals surface area contributed by atoms with Crippen LogP contribution >= 0.6 is 0 Å². The number of ether oxygens (including phenoxy) is 1. The lowest BCUT2D eigenvalue weighted by atomic mass is 10.0. The van der Waals surface area contributed by atoms with Gasteiger partial charge in [-0.15, -0.1) is 0 Å². The van der Waals surface area contributed by atoms with Gasteiger partial charge in [0.2, 0.25) is 0 Å². The fraction of sp³-hybridized carbons (Fsp3) is 0.571. The summed E-state index contributed by atoms with van der Waals surface area (Å²) in [5.41, 5.74) is 5.81. The molecule has 1 aliphatic heterocycles. The Hall–Kier alpha value is -0.870. The van der Waals surface area contributed by atoms with Crippen molar-refractivity contribution in [1.29, 1.82) is 0 Å². The van der Waals surface area contributed by atoms with Crippen molar-refractivity contribution in [2.45, 2.75) is 55.5 Å². The van der Waals surface area contributed by atoms with Gasteiger partial charge in [-0.3, -0.25) is 4.21 Å². The van der Waals surface area contributed by atoms with Gasteiger partial charge in [-0.25, -0.2) is 0 Å². The Labute approximate surface area is 111 Å². The Morgan fingerprint density at radius 1 is 1.33 bits per heavy atom. The minimum atomic E-state index is -1.09. The van der Waals surface area contributed by atoms with E-state index < -0.39 is 10.8 Å². The average Bonchev–Trinajstić information content (AvgIpc) is 2.45. The molecule has 1 heterocycles. The molecule has 0 bridgehead atoms. The summed E-state index contributed by atoms with van der Waals surface area (Å²) in [6.07, 6.45) is 0.793. The van der Waals surface area contributed by atoms with Crippen molar-refractivity contribution in [3.63, 3.8) is 0 Å². The Balaban J connectivity index is 2.30. The van der Waals surface area contributed by atoms with E-state index in [0.29, 0.717) is 5.69 Å². The molecule has 18 heavy (non-hydrogen) atoms. The first kappa shape index (κ1) is 13.6. The third-order valence-corrected chi connectivity index (χ3v) is 5.31. The maximum absolute atomic E-state index is 12.7. The van der Waals surface area contributed by atoms with E-state index in [2.05, 4.69) is 0 Å². The summed E-state index contributed by atoms with van der Waals surface area (Å²) in [6, 6.07) is 7.31. The standard InChI is InChI=1S/C14H21NO2S/c1-13(2)9-12(14(3,4)17-13)18(16)11-7-5-6-10(15)8-11/h5-8,12H,9,15H2,1-4H3. The molecule has 1 aromatic carbocycles. The molecule has 0 aromatic heterocycles. The van der Waals surface area contributed by atoms with Crippen molar-refractivity contribution in [1.82, 2.24) is 0 Å². The van der Waals surface area contributed by atoms with E-state index in [1.165, 1.54) is 0 Å². The molecule has 1 aromatic rings. The fourth-order valence-corrected chi connectivity index (χ4v) is 4.56. The van der Waals surface area contributed by atoms with Crippen LogP contribution in [0, 0.1) is 0 Å². The van der Waals surface area contributed by atoms with Gasteiger partial charge in [-0.2, -0.15) is 0 Å². The van der Waals surface area contributed by atoms with Crippen LogP contribution in [0.2, 0.25) is 0 Å². The van der Waals surface area contributed by atoms with Crippen LogP contribution < -0.4 is 5.73 Å². The number of nitrogens with two attached hydrogens (primary N) is 1. The largest absolute Gasteiger partial charge is 0.399 e. The first-order valence-electron chi connectivity index (χ1n) is 6.18. The maximum Gasteiger partial charge on any atom is 0.0781 e. The summed E-state index contributed by atoms with van der Waals surface area (Å²) < 4.78 is 18.7. The monoisotopic (exact) mass is 267 g/mol. The van der Waals surface area contributed by atoms with Crippen LogP contribution in [-0.4, -0.2) is 20.7 Å². The number of rotatable bonds is 2. The molecule has 0 spiro atoms. The highest BCUT2D eigenvalue weighted by Crippen LogP contribution is 2.41. The topological polar surface area (TPSA) is 52.3 Å². The summed E-state index contributed by atoms with van der Waals surface area (Å²) in [5.74, 6) is 0. The molecule has 100 valence electrons. The van der Waals surface area contributed by atoms with Crippen molar-refractivity contribution >= 4 is 16.5 Å². The Morgan fingerprint density at radius 2 is 2.00 bits per heavy atom. The van der Waals surface area contributed by atoms with Gasteiger partial charge in [0.05, 0.1) is 27.3 Å². The molecule has 2 atom stereocenters. The van der Waals surface area contributed by atoms with Crippen LogP contribution in [0.25, 0.3) is 0 Å². The second-order valence-corrected chi connectivity index (χ2v) is 7.66. The minimum Gasteiger partial charge on any atom is -0.399 e. The number of anilines is 1. The number of hydrogen-bond acceptors (Lipinski definition) is 3. The van der Waals surface area contributed by atoms with Gasteiger partial charge in [0.15, 0.2) is 0 Å². The maximum atomic E-state index is 12.7. The third kappa shape index (κ3) is 2.59. The van der Waals surface area contributed by atoms with Crippen molar-refractivity contribution in [3.8, 4) is 0 Å². The third-order valence-electron chi connectivity index (χ3n) is 3.34. The molecular formula is C14H21NO2S. The SMILES string of the molecule is CC1(C)CC(S(=O)c2cccc(N)c2)C(C)(C)O1. The molecule has 0 aliphatic carbocycles. The van der Waals surface area contributed by atoms with Gasteiger partial charge in [0, 0.05) is 10.6 Å². The normalized spacial score (nSPS) is 27.0. The van der Waals surface area contributed by atoms with Gasteiger partial charge >= 0.3 is 0 Å². The summed E-state index contributed by atoms with van der Waals surface area (Å²) in [6.45, 7) is 8.11. The van der Waals surface area contributed by atoms with E-state index >= 15 is 0 Å². The number of hydrogen-bond donors (Lipinski definition) is 1. The van der Waals surface area contributed by atoms with E-state index in [0.717, 1.165) is 11.3 Å². The lowest BCUT2D eigenvalue weighted by molar-refractivity contribution is -0.0633. The molecule has 1 fully saturated rings. The highest BCUT2D eigenvalue weighted by atomic mass is 32.2. The fourth-order valence-electron chi connectivity index (χ4n) is 2.65. The molecule has 2 unspecified atom stereocenters.